The summed E-state index contributed by atoms with van der Waals surface area (Å²) in [6.45, 7) is 4.61. The smallest absolute Gasteiger partial charge is 0.0240 e. The van der Waals surface area contributed by atoms with Crippen LogP contribution in [0.2, 0.25) is 0 Å². The van der Waals surface area contributed by atoms with Gasteiger partial charge < -0.3 is 0 Å². The number of rotatable bonds is 2. The number of nitrogens with one attached hydrogen (secondary N) is 1. The third-order valence-corrected chi connectivity index (χ3v) is 3.62. The van der Waals surface area contributed by atoms with Gasteiger partial charge in [-0.15, -0.1) is 0 Å². The number of nitrogens with two attached hydrogens (primary N) is 1. The van der Waals surface area contributed by atoms with Crippen molar-refractivity contribution >= 4 is 0 Å². The maximum atomic E-state index is 5.51. The van der Waals surface area contributed by atoms with Crippen molar-refractivity contribution in [2.75, 3.05) is 0 Å². The summed E-state index contributed by atoms with van der Waals surface area (Å²) < 4.78 is 0. The van der Waals surface area contributed by atoms with E-state index in [9.17, 15) is 0 Å². The van der Waals surface area contributed by atoms with E-state index in [0.29, 0.717) is 12.1 Å². The standard InChI is InChI=1S/C10H21N3/c1-7(2)13-9-3-4-10(13)6-8(5-9)12-11/h7-10,12H,3-6,11H2,1-2H3/t9-,10-/m1/s1. The summed E-state index contributed by atoms with van der Waals surface area (Å²) in [5.41, 5.74) is 2.94. The average Bonchev–Trinajstić information content (AvgIpc) is 2.37. The van der Waals surface area contributed by atoms with Gasteiger partial charge in [0.25, 0.3) is 0 Å². The highest BCUT2D eigenvalue weighted by molar-refractivity contribution is 4.98. The second-order valence-electron chi connectivity index (χ2n) is 4.76. The maximum absolute atomic E-state index is 5.51. The minimum Gasteiger partial charge on any atom is -0.295 e. The van der Waals surface area contributed by atoms with Gasteiger partial charge in [-0.3, -0.25) is 16.2 Å². The van der Waals surface area contributed by atoms with Gasteiger partial charge in [-0.05, 0) is 39.5 Å². The van der Waals surface area contributed by atoms with Crippen molar-refractivity contribution in [1.29, 1.82) is 0 Å². The number of nitrogens with zero attached hydrogens (tertiary/aromatic N) is 1. The van der Waals surface area contributed by atoms with Gasteiger partial charge >= 0.3 is 0 Å². The van der Waals surface area contributed by atoms with Crippen LogP contribution in [0.3, 0.4) is 0 Å². The molecule has 3 nitrogen and oxygen atoms in total. The molecule has 2 saturated heterocycles. The fourth-order valence-electron chi connectivity index (χ4n) is 3.19. The number of fused-ring (bicyclic) bond motifs is 2. The summed E-state index contributed by atoms with van der Waals surface area (Å²) in [6, 6.07) is 2.85. The van der Waals surface area contributed by atoms with Crippen LogP contribution in [0.15, 0.2) is 0 Å². The van der Waals surface area contributed by atoms with Crippen LogP contribution in [-0.2, 0) is 0 Å². The first-order valence-corrected chi connectivity index (χ1v) is 5.46. The SMILES string of the molecule is CC(C)N1[C@@H]2CC[C@@H]1CC(NN)C2. The van der Waals surface area contributed by atoms with E-state index in [1.807, 2.05) is 0 Å². The Labute approximate surface area is 80.6 Å². The predicted octanol–water partition coefficient (Wildman–Crippen LogP) is 0.854. The summed E-state index contributed by atoms with van der Waals surface area (Å²) in [7, 11) is 0. The number of piperidine rings is 1. The van der Waals surface area contributed by atoms with Crippen LogP contribution in [0.5, 0.6) is 0 Å². The Hall–Kier alpha value is -0.120. The van der Waals surface area contributed by atoms with Gasteiger partial charge in [-0.2, -0.15) is 0 Å². The first-order chi connectivity index (χ1) is 6.22. The number of hydrogen-bond donors (Lipinski definition) is 2. The molecule has 0 saturated carbocycles. The largest absolute Gasteiger partial charge is 0.295 e. The van der Waals surface area contributed by atoms with Crippen LogP contribution >= 0.6 is 0 Å². The van der Waals surface area contributed by atoms with Crippen LogP contribution in [-0.4, -0.2) is 29.1 Å². The zero-order valence-corrected chi connectivity index (χ0v) is 8.66. The minimum absolute atomic E-state index is 0.562. The topological polar surface area (TPSA) is 41.3 Å². The molecule has 0 amide bonds. The summed E-state index contributed by atoms with van der Waals surface area (Å²) in [6.07, 6.45) is 5.23. The van der Waals surface area contributed by atoms with Crippen molar-refractivity contribution in [2.45, 2.75) is 63.7 Å². The fourth-order valence-corrected chi connectivity index (χ4v) is 3.19. The van der Waals surface area contributed by atoms with Crippen molar-refractivity contribution in [2.24, 2.45) is 5.84 Å². The quantitative estimate of drug-likeness (QED) is 0.493. The van der Waals surface area contributed by atoms with Crippen molar-refractivity contribution in [3.05, 3.63) is 0 Å². The van der Waals surface area contributed by atoms with Crippen LogP contribution in [0.25, 0.3) is 0 Å². The third-order valence-electron chi connectivity index (χ3n) is 3.62. The van der Waals surface area contributed by atoms with Gasteiger partial charge in [0.2, 0.25) is 0 Å². The molecule has 2 atom stereocenters. The van der Waals surface area contributed by atoms with Crippen LogP contribution in [0.1, 0.15) is 39.5 Å². The van der Waals surface area contributed by atoms with E-state index in [4.69, 9.17) is 5.84 Å². The predicted molar refractivity (Wildman–Crippen MR) is 54.1 cm³/mol. The molecule has 2 bridgehead atoms. The highest BCUT2D eigenvalue weighted by Crippen LogP contribution is 2.36. The Bertz CT molecular complexity index is 167. The Kier molecular flexibility index (Phi) is 2.58. The fraction of sp³-hybridized carbons (Fsp3) is 1.00. The zero-order chi connectivity index (χ0) is 9.42. The molecule has 0 aromatic heterocycles. The Morgan fingerprint density at radius 3 is 2.15 bits per heavy atom. The first-order valence-electron chi connectivity index (χ1n) is 5.46. The molecule has 0 aliphatic carbocycles. The molecule has 3 N–H and O–H groups in total. The molecule has 0 aromatic rings. The van der Waals surface area contributed by atoms with Crippen molar-refractivity contribution in [1.82, 2.24) is 10.3 Å². The van der Waals surface area contributed by atoms with E-state index in [-0.39, 0.29) is 0 Å². The number of hydrogen-bond acceptors (Lipinski definition) is 3. The van der Waals surface area contributed by atoms with Gasteiger partial charge in [-0.25, -0.2) is 0 Å². The van der Waals surface area contributed by atoms with Crippen LogP contribution in [0, 0.1) is 0 Å². The zero-order valence-electron chi connectivity index (χ0n) is 8.66. The molecule has 76 valence electrons. The minimum atomic E-state index is 0.562. The molecule has 2 heterocycles. The lowest BCUT2D eigenvalue weighted by atomic mass is 9.96. The summed E-state index contributed by atoms with van der Waals surface area (Å²) >= 11 is 0. The highest BCUT2D eigenvalue weighted by atomic mass is 15.3. The van der Waals surface area contributed by atoms with Crippen molar-refractivity contribution in [3.8, 4) is 0 Å². The molecule has 0 aromatic carbocycles. The molecule has 2 rings (SSSR count). The molecule has 3 heteroatoms. The molecule has 2 fully saturated rings. The Morgan fingerprint density at radius 1 is 1.23 bits per heavy atom. The van der Waals surface area contributed by atoms with Crippen molar-refractivity contribution in [3.63, 3.8) is 0 Å². The van der Waals surface area contributed by atoms with Crippen LogP contribution in [0.4, 0.5) is 0 Å². The molecular formula is C10H21N3. The summed E-state index contributed by atoms with van der Waals surface area (Å²) in [5, 5.41) is 0. The van der Waals surface area contributed by atoms with Crippen LogP contribution < -0.4 is 11.3 Å². The summed E-state index contributed by atoms with van der Waals surface area (Å²) in [4.78, 5) is 2.69. The third kappa shape index (κ3) is 1.60. The molecule has 13 heavy (non-hydrogen) atoms. The van der Waals surface area contributed by atoms with E-state index >= 15 is 0 Å². The number of hydrazine groups is 1. The van der Waals surface area contributed by atoms with Gasteiger partial charge in [-0.1, -0.05) is 0 Å². The lowest BCUT2D eigenvalue weighted by Crippen LogP contribution is -2.52. The first kappa shape index (κ1) is 9.44. The molecule has 0 spiro atoms. The summed E-state index contributed by atoms with van der Waals surface area (Å²) in [5.74, 6) is 5.51. The Balaban J connectivity index is 2.04. The lowest BCUT2D eigenvalue weighted by molar-refractivity contribution is 0.0851. The Morgan fingerprint density at radius 2 is 1.77 bits per heavy atom. The van der Waals surface area contributed by atoms with E-state index in [1.165, 1.54) is 25.7 Å². The maximum Gasteiger partial charge on any atom is 0.0240 e. The van der Waals surface area contributed by atoms with Gasteiger partial charge in [0.1, 0.15) is 0 Å². The monoisotopic (exact) mass is 183 g/mol. The van der Waals surface area contributed by atoms with E-state index in [0.717, 1.165) is 12.1 Å². The highest BCUT2D eigenvalue weighted by Gasteiger charge is 2.41. The molecule has 0 radical (unpaired) electrons. The van der Waals surface area contributed by atoms with Gasteiger partial charge in [0.15, 0.2) is 0 Å². The molecule has 2 aliphatic rings. The second kappa shape index (κ2) is 3.56. The molecule has 2 aliphatic heterocycles. The normalized spacial score (nSPS) is 40.2. The molecular weight excluding hydrogens is 162 g/mol. The lowest BCUT2D eigenvalue weighted by Gasteiger charge is -2.41. The second-order valence-corrected chi connectivity index (χ2v) is 4.76. The van der Waals surface area contributed by atoms with Gasteiger partial charge in [0, 0.05) is 24.2 Å². The van der Waals surface area contributed by atoms with E-state index in [2.05, 4.69) is 24.2 Å². The van der Waals surface area contributed by atoms with Gasteiger partial charge in [0.05, 0.1) is 0 Å². The van der Waals surface area contributed by atoms with E-state index < -0.39 is 0 Å². The molecule has 0 unspecified atom stereocenters. The van der Waals surface area contributed by atoms with E-state index in [1.54, 1.807) is 0 Å². The average molecular weight is 183 g/mol. The van der Waals surface area contributed by atoms with Crippen molar-refractivity contribution < 1.29 is 0 Å².